The number of hydrogen-bond donors (Lipinski definition) is 1. The molecule has 0 unspecified atom stereocenters. The van der Waals surface area contributed by atoms with Gasteiger partial charge in [0.2, 0.25) is 0 Å². The Morgan fingerprint density at radius 2 is 2.00 bits per heavy atom. The highest BCUT2D eigenvalue weighted by molar-refractivity contribution is 7.14. The molecule has 0 aliphatic heterocycles. The standard InChI is InChI=1S/C12H17N5S/c1-4-13-6-5-11-16-17-12(18-11)10-7-8(2)14-15-9(10)3/h7,13H,4-6H2,1-3H3. The van der Waals surface area contributed by atoms with Crippen LogP contribution in [0.15, 0.2) is 6.07 Å². The molecule has 5 nitrogen and oxygen atoms in total. The molecule has 0 spiro atoms. The van der Waals surface area contributed by atoms with Gasteiger partial charge in [-0.25, -0.2) is 0 Å². The summed E-state index contributed by atoms with van der Waals surface area (Å²) in [6, 6.07) is 2.01. The summed E-state index contributed by atoms with van der Waals surface area (Å²) >= 11 is 1.63. The van der Waals surface area contributed by atoms with Gasteiger partial charge >= 0.3 is 0 Å². The highest BCUT2D eigenvalue weighted by Gasteiger charge is 2.10. The minimum Gasteiger partial charge on any atom is -0.317 e. The van der Waals surface area contributed by atoms with Gasteiger partial charge < -0.3 is 5.32 Å². The van der Waals surface area contributed by atoms with Crippen molar-refractivity contribution in [3.63, 3.8) is 0 Å². The SMILES string of the molecule is CCNCCc1nnc(-c2cc(C)nnc2C)s1. The fraction of sp³-hybridized carbons (Fsp3) is 0.500. The van der Waals surface area contributed by atoms with Gasteiger partial charge in [-0.05, 0) is 26.5 Å². The van der Waals surface area contributed by atoms with Crippen molar-refractivity contribution in [3.05, 3.63) is 22.5 Å². The molecular weight excluding hydrogens is 246 g/mol. The molecule has 0 amide bonds. The molecule has 0 aliphatic carbocycles. The highest BCUT2D eigenvalue weighted by atomic mass is 32.1. The van der Waals surface area contributed by atoms with E-state index in [0.29, 0.717) is 0 Å². The molecule has 2 aromatic heterocycles. The quantitative estimate of drug-likeness (QED) is 0.833. The average molecular weight is 263 g/mol. The lowest BCUT2D eigenvalue weighted by atomic mass is 10.2. The zero-order chi connectivity index (χ0) is 13.0. The lowest BCUT2D eigenvalue weighted by Gasteiger charge is -2.00. The molecule has 0 saturated carbocycles. The second-order valence-corrected chi connectivity index (χ2v) is 5.15. The third kappa shape index (κ3) is 3.08. The van der Waals surface area contributed by atoms with Crippen molar-refractivity contribution in [2.24, 2.45) is 0 Å². The van der Waals surface area contributed by atoms with Gasteiger partial charge in [-0.3, -0.25) is 0 Å². The van der Waals surface area contributed by atoms with Gasteiger partial charge in [0.05, 0.1) is 11.4 Å². The van der Waals surface area contributed by atoms with E-state index in [-0.39, 0.29) is 0 Å². The fourth-order valence-corrected chi connectivity index (χ4v) is 2.51. The number of aromatic nitrogens is 4. The van der Waals surface area contributed by atoms with E-state index in [4.69, 9.17) is 0 Å². The zero-order valence-electron chi connectivity index (χ0n) is 10.9. The van der Waals surface area contributed by atoms with Crippen LogP contribution in [-0.2, 0) is 6.42 Å². The van der Waals surface area contributed by atoms with Gasteiger partial charge in [-0.1, -0.05) is 18.3 Å². The zero-order valence-corrected chi connectivity index (χ0v) is 11.7. The predicted octanol–water partition coefficient (Wildman–Crippen LogP) is 1.76. The van der Waals surface area contributed by atoms with Gasteiger partial charge in [-0.2, -0.15) is 10.2 Å². The molecule has 2 heterocycles. The number of nitrogens with one attached hydrogen (secondary N) is 1. The van der Waals surface area contributed by atoms with Gasteiger partial charge in [0, 0.05) is 18.5 Å². The molecule has 0 bridgehead atoms. The monoisotopic (exact) mass is 263 g/mol. The molecule has 2 rings (SSSR count). The summed E-state index contributed by atoms with van der Waals surface area (Å²) in [4.78, 5) is 0. The maximum Gasteiger partial charge on any atom is 0.149 e. The lowest BCUT2D eigenvalue weighted by molar-refractivity contribution is 0.710. The van der Waals surface area contributed by atoms with Gasteiger partial charge in [0.15, 0.2) is 0 Å². The Morgan fingerprint density at radius 3 is 2.78 bits per heavy atom. The van der Waals surface area contributed by atoms with Crippen molar-refractivity contribution in [1.82, 2.24) is 25.7 Å². The normalized spacial score (nSPS) is 10.8. The highest BCUT2D eigenvalue weighted by Crippen LogP contribution is 2.25. The first-order valence-electron chi connectivity index (χ1n) is 6.05. The van der Waals surface area contributed by atoms with E-state index < -0.39 is 0 Å². The van der Waals surface area contributed by atoms with Crippen molar-refractivity contribution in [3.8, 4) is 10.6 Å². The molecule has 0 saturated heterocycles. The van der Waals surface area contributed by atoms with Crippen LogP contribution in [0.25, 0.3) is 10.6 Å². The number of likely N-dealkylation sites (N-methyl/N-ethyl adjacent to an activating group) is 1. The summed E-state index contributed by atoms with van der Waals surface area (Å²) in [5, 5.41) is 21.9. The van der Waals surface area contributed by atoms with E-state index >= 15 is 0 Å². The van der Waals surface area contributed by atoms with Gasteiger partial charge in [-0.15, -0.1) is 10.2 Å². The first kappa shape index (κ1) is 13.0. The second-order valence-electron chi connectivity index (χ2n) is 4.09. The Balaban J connectivity index is 2.16. The van der Waals surface area contributed by atoms with E-state index in [2.05, 4.69) is 32.6 Å². The van der Waals surface area contributed by atoms with Gasteiger partial charge in [0.1, 0.15) is 10.0 Å². The maximum atomic E-state index is 4.24. The minimum absolute atomic E-state index is 0.898. The number of nitrogens with zero attached hydrogens (tertiary/aromatic N) is 4. The van der Waals surface area contributed by atoms with E-state index in [9.17, 15) is 0 Å². The van der Waals surface area contributed by atoms with Crippen molar-refractivity contribution < 1.29 is 0 Å². The summed E-state index contributed by atoms with van der Waals surface area (Å²) in [5.41, 5.74) is 2.84. The Bertz CT molecular complexity index is 523. The molecule has 96 valence electrons. The van der Waals surface area contributed by atoms with Crippen LogP contribution >= 0.6 is 11.3 Å². The predicted molar refractivity (Wildman–Crippen MR) is 72.7 cm³/mol. The van der Waals surface area contributed by atoms with E-state index in [1.165, 1.54) is 0 Å². The van der Waals surface area contributed by atoms with Crippen LogP contribution in [0.5, 0.6) is 0 Å². The Labute approximate surface area is 111 Å². The van der Waals surface area contributed by atoms with Crippen LogP contribution in [0, 0.1) is 13.8 Å². The number of hydrogen-bond acceptors (Lipinski definition) is 6. The fourth-order valence-electron chi connectivity index (χ4n) is 1.60. The third-order valence-corrected chi connectivity index (χ3v) is 3.58. The maximum absolute atomic E-state index is 4.24. The third-order valence-electron chi connectivity index (χ3n) is 2.56. The van der Waals surface area contributed by atoms with Gasteiger partial charge in [0.25, 0.3) is 0 Å². The largest absolute Gasteiger partial charge is 0.317 e. The Hall–Kier alpha value is -1.40. The second kappa shape index (κ2) is 5.97. The summed E-state index contributed by atoms with van der Waals surface area (Å²) in [6.45, 7) is 7.90. The number of rotatable bonds is 5. The number of aryl methyl sites for hydroxylation is 2. The average Bonchev–Trinajstić information content (AvgIpc) is 2.81. The van der Waals surface area contributed by atoms with E-state index in [0.717, 1.165) is 46.5 Å². The summed E-state index contributed by atoms with van der Waals surface area (Å²) in [5.74, 6) is 0. The molecule has 18 heavy (non-hydrogen) atoms. The lowest BCUT2D eigenvalue weighted by Crippen LogP contribution is -2.15. The summed E-state index contributed by atoms with van der Waals surface area (Å²) in [7, 11) is 0. The first-order valence-corrected chi connectivity index (χ1v) is 6.86. The van der Waals surface area contributed by atoms with Crippen LogP contribution in [0.2, 0.25) is 0 Å². The van der Waals surface area contributed by atoms with Crippen molar-refractivity contribution in [2.45, 2.75) is 27.2 Å². The smallest absolute Gasteiger partial charge is 0.149 e. The molecule has 0 aliphatic rings. The van der Waals surface area contributed by atoms with Crippen LogP contribution < -0.4 is 5.32 Å². The van der Waals surface area contributed by atoms with E-state index in [1.807, 2.05) is 19.9 Å². The van der Waals surface area contributed by atoms with Crippen molar-refractivity contribution in [2.75, 3.05) is 13.1 Å². The summed E-state index contributed by atoms with van der Waals surface area (Å²) < 4.78 is 0. The van der Waals surface area contributed by atoms with E-state index in [1.54, 1.807) is 11.3 Å². The topological polar surface area (TPSA) is 63.6 Å². The molecule has 2 aromatic rings. The van der Waals surface area contributed by atoms with Crippen LogP contribution in [0.3, 0.4) is 0 Å². The molecule has 0 aromatic carbocycles. The Kier molecular flexibility index (Phi) is 4.33. The molecule has 0 atom stereocenters. The molecule has 0 fully saturated rings. The van der Waals surface area contributed by atoms with Crippen LogP contribution in [-0.4, -0.2) is 33.5 Å². The molecule has 0 radical (unpaired) electrons. The summed E-state index contributed by atoms with van der Waals surface area (Å²) in [6.07, 6.45) is 0.919. The minimum atomic E-state index is 0.898. The van der Waals surface area contributed by atoms with Crippen LogP contribution in [0.4, 0.5) is 0 Å². The Morgan fingerprint density at radius 1 is 1.17 bits per heavy atom. The van der Waals surface area contributed by atoms with Crippen molar-refractivity contribution >= 4 is 11.3 Å². The first-order chi connectivity index (χ1) is 8.70. The van der Waals surface area contributed by atoms with Crippen molar-refractivity contribution in [1.29, 1.82) is 0 Å². The molecular formula is C12H17N5S. The molecule has 1 N–H and O–H groups in total. The molecule has 6 heteroatoms. The van der Waals surface area contributed by atoms with Crippen LogP contribution in [0.1, 0.15) is 23.3 Å².